The molecule has 0 heterocycles. The Morgan fingerprint density at radius 2 is 1.76 bits per heavy atom. The summed E-state index contributed by atoms with van der Waals surface area (Å²) < 4.78 is 0. The quantitative estimate of drug-likeness (QED) is 0.806. The first-order valence-corrected chi connectivity index (χ1v) is 6.64. The molecule has 1 aromatic carbocycles. The summed E-state index contributed by atoms with van der Waals surface area (Å²) in [5.74, 6) is 0.360. The highest BCUT2D eigenvalue weighted by Gasteiger charge is 2.20. The predicted molar refractivity (Wildman–Crippen MR) is 73.3 cm³/mol. The zero-order valence-corrected chi connectivity index (χ0v) is 11.5. The second-order valence-electron chi connectivity index (χ2n) is 4.65. The van der Waals surface area contributed by atoms with E-state index >= 15 is 0 Å². The number of rotatable bonds is 6. The number of benzene rings is 1. The van der Waals surface area contributed by atoms with Crippen LogP contribution >= 0.6 is 0 Å². The Bertz CT molecular complexity index is 333. The van der Waals surface area contributed by atoms with Crippen molar-refractivity contribution in [3.05, 3.63) is 29.8 Å². The topological polar surface area (TPSA) is 23.5 Å². The van der Waals surface area contributed by atoms with Crippen LogP contribution in [0, 0.1) is 0 Å². The molecule has 0 fully saturated rings. The van der Waals surface area contributed by atoms with E-state index in [0.717, 1.165) is 6.42 Å². The Balaban J connectivity index is 2.90. The SMILES string of the molecule is CCC(CC)N(C)C(CC)c1cccc(O)c1. The van der Waals surface area contributed by atoms with E-state index < -0.39 is 0 Å². The third-order valence-electron chi connectivity index (χ3n) is 3.65. The van der Waals surface area contributed by atoms with Gasteiger partial charge in [-0.05, 0) is 44.0 Å². The van der Waals surface area contributed by atoms with E-state index in [2.05, 4.69) is 38.8 Å². The van der Waals surface area contributed by atoms with Crippen LogP contribution in [-0.2, 0) is 0 Å². The van der Waals surface area contributed by atoms with Crippen LogP contribution in [0.25, 0.3) is 0 Å². The maximum atomic E-state index is 9.57. The molecule has 1 unspecified atom stereocenters. The molecule has 0 spiro atoms. The molecule has 0 saturated carbocycles. The summed E-state index contributed by atoms with van der Waals surface area (Å²) in [6.07, 6.45) is 3.40. The van der Waals surface area contributed by atoms with Crippen LogP contribution in [0.3, 0.4) is 0 Å². The van der Waals surface area contributed by atoms with Gasteiger partial charge in [-0.2, -0.15) is 0 Å². The minimum absolute atomic E-state index is 0.360. The van der Waals surface area contributed by atoms with Gasteiger partial charge in [0.2, 0.25) is 0 Å². The summed E-state index contributed by atoms with van der Waals surface area (Å²) >= 11 is 0. The molecule has 0 aliphatic carbocycles. The van der Waals surface area contributed by atoms with Crippen molar-refractivity contribution >= 4 is 0 Å². The molecule has 17 heavy (non-hydrogen) atoms. The van der Waals surface area contributed by atoms with Crippen molar-refractivity contribution in [1.82, 2.24) is 4.90 Å². The zero-order valence-electron chi connectivity index (χ0n) is 11.5. The molecule has 1 atom stereocenters. The molecule has 0 bridgehead atoms. The largest absolute Gasteiger partial charge is 0.508 e. The first-order valence-electron chi connectivity index (χ1n) is 6.64. The van der Waals surface area contributed by atoms with E-state index in [1.165, 1.54) is 18.4 Å². The van der Waals surface area contributed by atoms with Gasteiger partial charge in [-0.1, -0.05) is 32.9 Å². The number of phenolic OH excluding ortho intramolecular Hbond substituents is 1. The van der Waals surface area contributed by atoms with E-state index in [0.29, 0.717) is 17.8 Å². The maximum absolute atomic E-state index is 9.57. The van der Waals surface area contributed by atoms with Crippen molar-refractivity contribution in [1.29, 1.82) is 0 Å². The van der Waals surface area contributed by atoms with Crippen LogP contribution in [0.1, 0.15) is 51.6 Å². The first kappa shape index (κ1) is 14.0. The minimum Gasteiger partial charge on any atom is -0.508 e. The van der Waals surface area contributed by atoms with Gasteiger partial charge >= 0.3 is 0 Å². The minimum atomic E-state index is 0.360. The van der Waals surface area contributed by atoms with Gasteiger partial charge in [-0.3, -0.25) is 4.90 Å². The molecule has 0 saturated heterocycles. The van der Waals surface area contributed by atoms with Crippen molar-refractivity contribution in [3.63, 3.8) is 0 Å². The Morgan fingerprint density at radius 3 is 2.24 bits per heavy atom. The summed E-state index contributed by atoms with van der Waals surface area (Å²) in [6.45, 7) is 6.67. The van der Waals surface area contributed by atoms with E-state index in [1.54, 1.807) is 6.07 Å². The molecule has 0 aliphatic rings. The Morgan fingerprint density at radius 1 is 1.12 bits per heavy atom. The fourth-order valence-electron chi connectivity index (χ4n) is 2.61. The Hall–Kier alpha value is -1.02. The fourth-order valence-corrected chi connectivity index (χ4v) is 2.61. The molecule has 1 N–H and O–H groups in total. The highest BCUT2D eigenvalue weighted by atomic mass is 16.3. The normalized spacial score (nSPS) is 13.3. The van der Waals surface area contributed by atoms with Crippen molar-refractivity contribution in [2.45, 2.75) is 52.1 Å². The summed E-state index contributed by atoms with van der Waals surface area (Å²) in [4.78, 5) is 2.44. The maximum Gasteiger partial charge on any atom is 0.115 e. The van der Waals surface area contributed by atoms with Crippen LogP contribution < -0.4 is 0 Å². The van der Waals surface area contributed by atoms with Crippen molar-refractivity contribution < 1.29 is 5.11 Å². The van der Waals surface area contributed by atoms with Gasteiger partial charge in [0.25, 0.3) is 0 Å². The van der Waals surface area contributed by atoms with Gasteiger partial charge < -0.3 is 5.11 Å². The lowest BCUT2D eigenvalue weighted by atomic mass is 9.99. The highest BCUT2D eigenvalue weighted by molar-refractivity contribution is 5.29. The predicted octanol–water partition coefficient (Wildman–Crippen LogP) is 3.96. The van der Waals surface area contributed by atoms with Crippen LogP contribution in [0.2, 0.25) is 0 Å². The number of aromatic hydroxyl groups is 1. The van der Waals surface area contributed by atoms with Gasteiger partial charge in [0.1, 0.15) is 5.75 Å². The number of hydrogen-bond donors (Lipinski definition) is 1. The van der Waals surface area contributed by atoms with Gasteiger partial charge in [-0.25, -0.2) is 0 Å². The summed E-state index contributed by atoms with van der Waals surface area (Å²) in [5.41, 5.74) is 1.21. The van der Waals surface area contributed by atoms with Crippen molar-refractivity contribution in [3.8, 4) is 5.75 Å². The monoisotopic (exact) mass is 235 g/mol. The van der Waals surface area contributed by atoms with E-state index in [9.17, 15) is 5.11 Å². The third-order valence-corrected chi connectivity index (χ3v) is 3.65. The fraction of sp³-hybridized carbons (Fsp3) is 0.600. The lowest BCUT2D eigenvalue weighted by Gasteiger charge is -2.34. The molecule has 96 valence electrons. The first-order chi connectivity index (χ1) is 8.13. The lowest BCUT2D eigenvalue weighted by Crippen LogP contribution is -2.34. The average Bonchev–Trinajstić information content (AvgIpc) is 2.31. The standard InChI is InChI=1S/C15H25NO/c1-5-13(6-2)16(4)15(7-3)12-9-8-10-14(17)11-12/h8-11,13,15,17H,5-7H2,1-4H3. The molecule has 2 nitrogen and oxygen atoms in total. The van der Waals surface area contributed by atoms with Gasteiger partial charge in [-0.15, -0.1) is 0 Å². The van der Waals surface area contributed by atoms with Gasteiger partial charge in [0.05, 0.1) is 0 Å². The van der Waals surface area contributed by atoms with Crippen molar-refractivity contribution in [2.24, 2.45) is 0 Å². The average molecular weight is 235 g/mol. The van der Waals surface area contributed by atoms with E-state index in [-0.39, 0.29) is 0 Å². The van der Waals surface area contributed by atoms with Crippen LogP contribution in [0.4, 0.5) is 0 Å². The van der Waals surface area contributed by atoms with E-state index in [4.69, 9.17) is 0 Å². The van der Waals surface area contributed by atoms with Crippen LogP contribution in [0.15, 0.2) is 24.3 Å². The lowest BCUT2D eigenvalue weighted by molar-refractivity contribution is 0.159. The van der Waals surface area contributed by atoms with Crippen LogP contribution in [0.5, 0.6) is 5.75 Å². The zero-order chi connectivity index (χ0) is 12.8. The van der Waals surface area contributed by atoms with E-state index in [1.807, 2.05) is 12.1 Å². The number of nitrogens with zero attached hydrogens (tertiary/aromatic N) is 1. The molecule has 2 heteroatoms. The molecule has 0 aromatic heterocycles. The molecular weight excluding hydrogens is 210 g/mol. The smallest absolute Gasteiger partial charge is 0.115 e. The summed E-state index contributed by atoms with van der Waals surface area (Å²) in [6, 6.07) is 8.65. The van der Waals surface area contributed by atoms with Crippen molar-refractivity contribution in [2.75, 3.05) is 7.05 Å². The molecule has 0 amide bonds. The molecule has 1 aromatic rings. The third kappa shape index (κ3) is 3.47. The Labute approximate surface area is 105 Å². The number of hydrogen-bond acceptors (Lipinski definition) is 2. The summed E-state index contributed by atoms with van der Waals surface area (Å²) in [7, 11) is 2.19. The second-order valence-corrected chi connectivity index (χ2v) is 4.65. The van der Waals surface area contributed by atoms with Gasteiger partial charge in [0, 0.05) is 12.1 Å². The Kier molecular flexibility index (Phi) is 5.49. The molecular formula is C15H25NO. The van der Waals surface area contributed by atoms with Gasteiger partial charge in [0.15, 0.2) is 0 Å². The molecule has 0 aliphatic heterocycles. The second kappa shape index (κ2) is 6.65. The number of phenols is 1. The highest BCUT2D eigenvalue weighted by Crippen LogP contribution is 2.28. The van der Waals surface area contributed by atoms with Crippen LogP contribution in [-0.4, -0.2) is 23.1 Å². The summed E-state index contributed by atoms with van der Waals surface area (Å²) in [5, 5.41) is 9.57. The molecule has 1 rings (SSSR count). The molecule has 0 radical (unpaired) electrons.